The molecular weight excluding hydrogens is 325 g/mol. The minimum Gasteiger partial charge on any atom is -0.481 e. The Kier molecular flexibility index (Phi) is 3.22. The molecule has 0 unspecified atom stereocenters. The summed E-state index contributed by atoms with van der Waals surface area (Å²) < 4.78 is 13.8. The molecule has 25 heavy (non-hydrogen) atoms. The molecule has 0 radical (unpaired) electrons. The number of aliphatic carboxylic acids is 1. The Morgan fingerprint density at radius 1 is 1.00 bits per heavy atom. The SMILES string of the molecule is O=C(CNC(=O)C12CC(C(=O)O)(C1)C2)c1ccc(F)c2ccccc12. The predicted molar refractivity (Wildman–Crippen MR) is 87.6 cm³/mol. The third-order valence-corrected chi connectivity index (χ3v) is 5.55. The number of hydrogen-bond donors (Lipinski definition) is 2. The highest BCUT2D eigenvalue weighted by Gasteiger charge is 2.75. The van der Waals surface area contributed by atoms with E-state index in [0.29, 0.717) is 35.6 Å². The minimum atomic E-state index is -0.851. The van der Waals surface area contributed by atoms with Crippen molar-refractivity contribution in [1.29, 1.82) is 0 Å². The van der Waals surface area contributed by atoms with E-state index in [4.69, 9.17) is 5.11 Å². The molecule has 0 aliphatic heterocycles. The fourth-order valence-corrected chi connectivity index (χ4v) is 4.20. The van der Waals surface area contributed by atoms with Crippen molar-refractivity contribution in [3.05, 3.63) is 47.8 Å². The van der Waals surface area contributed by atoms with E-state index in [-0.39, 0.29) is 18.2 Å². The molecule has 128 valence electrons. The van der Waals surface area contributed by atoms with E-state index in [9.17, 15) is 18.8 Å². The van der Waals surface area contributed by atoms with E-state index >= 15 is 0 Å². The molecular formula is C19H16FNO4. The van der Waals surface area contributed by atoms with Gasteiger partial charge in [-0.25, -0.2) is 4.39 Å². The van der Waals surface area contributed by atoms with Gasteiger partial charge in [-0.3, -0.25) is 14.4 Å². The summed E-state index contributed by atoms with van der Waals surface area (Å²) in [6.07, 6.45) is 1.03. The third-order valence-electron chi connectivity index (χ3n) is 5.55. The van der Waals surface area contributed by atoms with Crippen LogP contribution in [0.1, 0.15) is 29.6 Å². The summed E-state index contributed by atoms with van der Waals surface area (Å²) >= 11 is 0. The number of carbonyl (C=O) groups is 3. The number of hydrogen-bond acceptors (Lipinski definition) is 3. The normalized spacial score (nSPS) is 26.4. The zero-order valence-electron chi connectivity index (χ0n) is 13.3. The van der Waals surface area contributed by atoms with Gasteiger partial charge in [-0.15, -0.1) is 0 Å². The average Bonchev–Trinajstić information content (AvgIpc) is 2.50. The number of benzene rings is 2. The zero-order valence-corrected chi connectivity index (χ0v) is 13.3. The van der Waals surface area contributed by atoms with Crippen LogP contribution in [-0.4, -0.2) is 29.3 Å². The van der Waals surface area contributed by atoms with Crippen LogP contribution >= 0.6 is 0 Å². The Labute approximate surface area is 142 Å². The molecule has 3 saturated carbocycles. The molecule has 2 bridgehead atoms. The molecule has 0 aromatic heterocycles. The van der Waals surface area contributed by atoms with Crippen molar-refractivity contribution in [1.82, 2.24) is 5.32 Å². The molecule has 3 aliphatic carbocycles. The first-order valence-electron chi connectivity index (χ1n) is 8.09. The van der Waals surface area contributed by atoms with Gasteiger partial charge in [0.15, 0.2) is 5.78 Å². The molecule has 3 aliphatic rings. The van der Waals surface area contributed by atoms with Gasteiger partial charge in [0.05, 0.1) is 17.4 Å². The lowest BCUT2D eigenvalue weighted by atomic mass is 9.35. The number of nitrogens with one attached hydrogen (secondary N) is 1. The van der Waals surface area contributed by atoms with Crippen LogP contribution in [0.15, 0.2) is 36.4 Å². The lowest BCUT2D eigenvalue weighted by Crippen LogP contribution is -2.70. The number of fused-ring (bicyclic) bond motifs is 1. The number of carboxylic acids is 1. The Morgan fingerprint density at radius 2 is 1.64 bits per heavy atom. The number of halogens is 1. The highest BCUT2D eigenvalue weighted by molar-refractivity contribution is 6.10. The molecule has 0 spiro atoms. The lowest BCUT2D eigenvalue weighted by molar-refractivity contribution is -0.220. The molecule has 3 fully saturated rings. The number of rotatable bonds is 5. The largest absolute Gasteiger partial charge is 0.481 e. The summed E-state index contributed by atoms with van der Waals surface area (Å²) in [6, 6.07) is 9.37. The Bertz CT molecular complexity index is 916. The van der Waals surface area contributed by atoms with Gasteiger partial charge in [-0.2, -0.15) is 0 Å². The van der Waals surface area contributed by atoms with E-state index in [0.717, 1.165) is 0 Å². The van der Waals surface area contributed by atoms with E-state index in [2.05, 4.69) is 5.32 Å². The van der Waals surface area contributed by atoms with Gasteiger partial charge in [-0.05, 0) is 36.8 Å². The predicted octanol–water partition coefficient (Wildman–Crippen LogP) is 2.53. The van der Waals surface area contributed by atoms with Crippen molar-refractivity contribution in [2.24, 2.45) is 10.8 Å². The van der Waals surface area contributed by atoms with Crippen molar-refractivity contribution in [2.45, 2.75) is 19.3 Å². The van der Waals surface area contributed by atoms with Crippen molar-refractivity contribution in [3.8, 4) is 0 Å². The molecule has 1 amide bonds. The maximum atomic E-state index is 13.8. The fraction of sp³-hybridized carbons (Fsp3) is 0.316. The van der Waals surface area contributed by atoms with Gasteiger partial charge >= 0.3 is 5.97 Å². The summed E-state index contributed by atoms with van der Waals surface area (Å²) in [4.78, 5) is 35.8. The number of carboxylic acid groups (broad SMARTS) is 1. The molecule has 6 heteroatoms. The van der Waals surface area contributed by atoms with E-state index in [1.807, 2.05) is 0 Å². The van der Waals surface area contributed by atoms with E-state index < -0.39 is 22.6 Å². The Morgan fingerprint density at radius 3 is 2.28 bits per heavy atom. The van der Waals surface area contributed by atoms with Crippen molar-refractivity contribution in [2.75, 3.05) is 6.54 Å². The molecule has 2 N–H and O–H groups in total. The first kappa shape index (κ1) is 15.7. The summed E-state index contributed by atoms with van der Waals surface area (Å²) in [5.41, 5.74) is -0.991. The van der Waals surface area contributed by atoms with Crippen molar-refractivity contribution in [3.63, 3.8) is 0 Å². The monoisotopic (exact) mass is 341 g/mol. The third kappa shape index (κ3) is 2.17. The highest BCUT2D eigenvalue weighted by atomic mass is 19.1. The molecule has 2 aromatic carbocycles. The molecule has 0 atom stereocenters. The van der Waals surface area contributed by atoms with Gasteiger partial charge in [-0.1, -0.05) is 24.3 Å². The van der Waals surface area contributed by atoms with Gasteiger partial charge in [0.2, 0.25) is 5.91 Å². The maximum Gasteiger partial charge on any atom is 0.309 e. The van der Waals surface area contributed by atoms with Crippen LogP contribution in [0.3, 0.4) is 0 Å². The number of carbonyl (C=O) groups excluding carboxylic acids is 2. The maximum absolute atomic E-state index is 13.8. The topological polar surface area (TPSA) is 83.5 Å². The minimum absolute atomic E-state index is 0.184. The number of amides is 1. The van der Waals surface area contributed by atoms with E-state index in [1.165, 1.54) is 12.1 Å². The molecule has 0 heterocycles. The second-order valence-electron chi connectivity index (χ2n) is 7.14. The molecule has 5 nitrogen and oxygen atoms in total. The van der Waals surface area contributed by atoms with Crippen LogP contribution in [0, 0.1) is 16.6 Å². The van der Waals surface area contributed by atoms with Crippen molar-refractivity contribution < 1.29 is 23.9 Å². The van der Waals surface area contributed by atoms with Crippen LogP contribution in [-0.2, 0) is 9.59 Å². The second-order valence-corrected chi connectivity index (χ2v) is 7.14. The number of Topliss-reactive ketones (excluding diaryl/α,β-unsaturated/α-hetero) is 1. The van der Waals surface area contributed by atoms with Gasteiger partial charge in [0, 0.05) is 10.9 Å². The van der Waals surface area contributed by atoms with Crippen molar-refractivity contribution >= 4 is 28.4 Å². The first-order valence-corrected chi connectivity index (χ1v) is 8.09. The Hall–Kier alpha value is -2.76. The standard InChI is InChI=1S/C19H16FNO4/c20-14-6-5-13(11-3-1-2-4-12(11)14)15(22)7-21-16(23)18-8-19(9-18,10-18)17(24)25/h1-6H,7-10H2,(H,21,23)(H,24,25). The van der Waals surface area contributed by atoms with Gasteiger partial charge in [0.25, 0.3) is 0 Å². The van der Waals surface area contributed by atoms with Crippen LogP contribution in [0.5, 0.6) is 0 Å². The smallest absolute Gasteiger partial charge is 0.309 e. The molecule has 2 aromatic rings. The Balaban J connectivity index is 1.45. The summed E-state index contributed by atoms with van der Waals surface area (Å²) in [7, 11) is 0. The summed E-state index contributed by atoms with van der Waals surface area (Å²) in [6.45, 7) is -0.184. The molecule has 5 rings (SSSR count). The van der Waals surface area contributed by atoms with Crippen LogP contribution in [0.25, 0.3) is 10.8 Å². The van der Waals surface area contributed by atoms with Crippen LogP contribution in [0.4, 0.5) is 4.39 Å². The summed E-state index contributed by atoms with van der Waals surface area (Å²) in [5.74, 6) is -1.82. The highest BCUT2D eigenvalue weighted by Crippen LogP contribution is 2.73. The van der Waals surface area contributed by atoms with Crippen LogP contribution < -0.4 is 5.32 Å². The van der Waals surface area contributed by atoms with Crippen LogP contribution in [0.2, 0.25) is 0 Å². The average molecular weight is 341 g/mol. The van der Waals surface area contributed by atoms with Gasteiger partial charge in [0.1, 0.15) is 5.82 Å². The molecule has 0 saturated heterocycles. The zero-order chi connectivity index (χ0) is 17.8. The fourth-order valence-electron chi connectivity index (χ4n) is 4.20. The quantitative estimate of drug-likeness (QED) is 0.819. The van der Waals surface area contributed by atoms with Gasteiger partial charge < -0.3 is 10.4 Å². The number of ketones is 1. The van der Waals surface area contributed by atoms with E-state index in [1.54, 1.807) is 24.3 Å². The summed E-state index contributed by atoms with van der Waals surface area (Å²) in [5, 5.41) is 12.6. The lowest BCUT2D eigenvalue weighted by Gasteiger charge is -2.66. The first-order chi connectivity index (χ1) is 11.9. The second kappa shape index (κ2) is 5.12.